The quantitative estimate of drug-likeness (QED) is 0.831. The van der Waals surface area contributed by atoms with E-state index in [-0.39, 0.29) is 0 Å². The van der Waals surface area contributed by atoms with Gasteiger partial charge in [-0.15, -0.1) is 0 Å². The van der Waals surface area contributed by atoms with Crippen LogP contribution in [0.25, 0.3) is 0 Å². The maximum Gasteiger partial charge on any atom is 0.0474 e. The summed E-state index contributed by atoms with van der Waals surface area (Å²) in [4.78, 5) is 2.07. The zero-order valence-corrected chi connectivity index (χ0v) is 10.0. The van der Waals surface area contributed by atoms with Gasteiger partial charge in [-0.05, 0) is 37.1 Å². The van der Waals surface area contributed by atoms with Gasteiger partial charge in [0.1, 0.15) is 0 Å². The lowest BCUT2D eigenvalue weighted by atomic mass is 10.0. The Kier molecular flexibility index (Phi) is 3.17. The van der Waals surface area contributed by atoms with E-state index in [2.05, 4.69) is 22.3 Å². The SMILES string of the molecule is CN(C)c1ccc([C@H]2CCCN2)c(Cl)c1. The van der Waals surface area contributed by atoms with Crippen LogP contribution in [-0.2, 0) is 0 Å². The van der Waals surface area contributed by atoms with E-state index in [1.165, 1.54) is 18.4 Å². The van der Waals surface area contributed by atoms with Crippen LogP contribution in [0.4, 0.5) is 5.69 Å². The molecule has 0 unspecified atom stereocenters. The Hall–Kier alpha value is -0.730. The third kappa shape index (κ3) is 2.27. The molecule has 0 aliphatic carbocycles. The highest BCUT2D eigenvalue weighted by molar-refractivity contribution is 6.31. The molecule has 15 heavy (non-hydrogen) atoms. The van der Waals surface area contributed by atoms with Gasteiger partial charge in [-0.1, -0.05) is 17.7 Å². The first-order chi connectivity index (χ1) is 7.18. The molecule has 1 aromatic rings. The first-order valence-corrected chi connectivity index (χ1v) is 5.76. The van der Waals surface area contributed by atoms with Crippen molar-refractivity contribution in [2.75, 3.05) is 25.5 Å². The number of nitrogens with zero attached hydrogens (tertiary/aromatic N) is 1. The van der Waals surface area contributed by atoms with Crippen molar-refractivity contribution in [1.29, 1.82) is 0 Å². The minimum Gasteiger partial charge on any atom is -0.378 e. The summed E-state index contributed by atoms with van der Waals surface area (Å²) in [5.41, 5.74) is 2.39. The Bertz CT molecular complexity index is 343. The molecule has 82 valence electrons. The van der Waals surface area contributed by atoms with Gasteiger partial charge in [0.15, 0.2) is 0 Å². The second-order valence-corrected chi connectivity index (χ2v) is 4.66. The lowest BCUT2D eigenvalue weighted by molar-refractivity contribution is 0.648. The summed E-state index contributed by atoms with van der Waals surface area (Å²) in [6, 6.07) is 6.76. The van der Waals surface area contributed by atoms with Gasteiger partial charge < -0.3 is 10.2 Å². The molecular formula is C12H17ClN2. The van der Waals surface area contributed by atoms with Gasteiger partial charge in [0.05, 0.1) is 0 Å². The average molecular weight is 225 g/mol. The first kappa shape index (κ1) is 10.8. The van der Waals surface area contributed by atoms with E-state index < -0.39 is 0 Å². The van der Waals surface area contributed by atoms with Crippen molar-refractivity contribution in [1.82, 2.24) is 5.32 Å². The van der Waals surface area contributed by atoms with Crippen LogP contribution in [0.5, 0.6) is 0 Å². The summed E-state index contributed by atoms with van der Waals surface area (Å²) in [5.74, 6) is 0. The van der Waals surface area contributed by atoms with E-state index in [0.29, 0.717) is 6.04 Å². The summed E-state index contributed by atoms with van der Waals surface area (Å²) in [5, 5.41) is 4.34. The molecule has 1 aromatic carbocycles. The van der Waals surface area contributed by atoms with Gasteiger partial charge in [0.25, 0.3) is 0 Å². The predicted molar refractivity (Wildman–Crippen MR) is 65.8 cm³/mol. The van der Waals surface area contributed by atoms with Crippen molar-refractivity contribution in [3.63, 3.8) is 0 Å². The lowest BCUT2D eigenvalue weighted by Crippen LogP contribution is -2.14. The average Bonchev–Trinajstić information content (AvgIpc) is 2.70. The third-order valence-electron chi connectivity index (χ3n) is 2.94. The Morgan fingerprint density at radius 1 is 1.40 bits per heavy atom. The van der Waals surface area contributed by atoms with Crippen LogP contribution in [0, 0.1) is 0 Å². The molecule has 1 atom stereocenters. The molecule has 0 saturated carbocycles. The maximum absolute atomic E-state index is 6.29. The minimum absolute atomic E-state index is 0.453. The zero-order valence-electron chi connectivity index (χ0n) is 9.26. The number of benzene rings is 1. The number of anilines is 1. The molecule has 1 saturated heterocycles. The van der Waals surface area contributed by atoms with Crippen LogP contribution < -0.4 is 10.2 Å². The van der Waals surface area contributed by atoms with Crippen LogP contribution in [-0.4, -0.2) is 20.6 Å². The van der Waals surface area contributed by atoms with E-state index >= 15 is 0 Å². The summed E-state index contributed by atoms with van der Waals surface area (Å²) >= 11 is 6.29. The van der Waals surface area contributed by atoms with Gasteiger partial charge >= 0.3 is 0 Å². The Morgan fingerprint density at radius 2 is 2.20 bits per heavy atom. The van der Waals surface area contributed by atoms with Gasteiger partial charge in [-0.3, -0.25) is 0 Å². The van der Waals surface area contributed by atoms with Crippen LogP contribution in [0.3, 0.4) is 0 Å². The standard InChI is InChI=1S/C12H17ClN2/c1-15(2)9-5-6-10(11(13)8-9)12-4-3-7-14-12/h5-6,8,12,14H,3-4,7H2,1-2H3/t12-/m1/s1. The number of rotatable bonds is 2. The molecular weight excluding hydrogens is 208 g/mol. The highest BCUT2D eigenvalue weighted by Crippen LogP contribution is 2.31. The number of nitrogens with one attached hydrogen (secondary N) is 1. The third-order valence-corrected chi connectivity index (χ3v) is 3.26. The molecule has 0 radical (unpaired) electrons. The monoisotopic (exact) mass is 224 g/mol. The molecule has 1 heterocycles. The van der Waals surface area contributed by atoms with E-state index in [1.807, 2.05) is 20.2 Å². The Labute approximate surface area is 96.2 Å². The van der Waals surface area contributed by atoms with E-state index in [1.54, 1.807) is 0 Å². The highest BCUT2D eigenvalue weighted by atomic mass is 35.5. The second-order valence-electron chi connectivity index (χ2n) is 4.25. The van der Waals surface area contributed by atoms with Crippen LogP contribution in [0.15, 0.2) is 18.2 Å². The normalized spacial score (nSPS) is 20.6. The Balaban J connectivity index is 2.25. The highest BCUT2D eigenvalue weighted by Gasteiger charge is 2.18. The van der Waals surface area contributed by atoms with Gasteiger partial charge in [-0.2, -0.15) is 0 Å². The molecule has 0 aromatic heterocycles. The van der Waals surface area contributed by atoms with Crippen LogP contribution in [0.2, 0.25) is 5.02 Å². The van der Waals surface area contributed by atoms with Crippen molar-refractivity contribution >= 4 is 17.3 Å². The number of hydrogen-bond donors (Lipinski definition) is 1. The molecule has 2 rings (SSSR count). The van der Waals surface area contributed by atoms with Crippen LogP contribution in [0.1, 0.15) is 24.4 Å². The second kappa shape index (κ2) is 4.42. The molecule has 1 N–H and O–H groups in total. The topological polar surface area (TPSA) is 15.3 Å². The van der Waals surface area contributed by atoms with Crippen molar-refractivity contribution in [3.05, 3.63) is 28.8 Å². The van der Waals surface area contributed by atoms with Crippen molar-refractivity contribution in [2.24, 2.45) is 0 Å². The summed E-state index contributed by atoms with van der Waals surface area (Å²) in [7, 11) is 4.05. The van der Waals surface area contributed by atoms with Gasteiger partial charge in [0.2, 0.25) is 0 Å². The first-order valence-electron chi connectivity index (χ1n) is 5.38. The van der Waals surface area contributed by atoms with E-state index in [9.17, 15) is 0 Å². The fourth-order valence-electron chi connectivity index (χ4n) is 2.03. The molecule has 3 heteroatoms. The largest absolute Gasteiger partial charge is 0.378 e. The molecule has 1 aliphatic heterocycles. The van der Waals surface area contributed by atoms with Gasteiger partial charge in [-0.25, -0.2) is 0 Å². The van der Waals surface area contributed by atoms with E-state index in [4.69, 9.17) is 11.6 Å². The zero-order chi connectivity index (χ0) is 10.8. The van der Waals surface area contributed by atoms with E-state index in [0.717, 1.165) is 17.3 Å². The lowest BCUT2D eigenvalue weighted by Gasteiger charge is -2.17. The molecule has 1 fully saturated rings. The summed E-state index contributed by atoms with van der Waals surface area (Å²) < 4.78 is 0. The Morgan fingerprint density at radius 3 is 2.73 bits per heavy atom. The summed E-state index contributed by atoms with van der Waals surface area (Å²) in [6.07, 6.45) is 2.44. The smallest absolute Gasteiger partial charge is 0.0474 e. The van der Waals surface area contributed by atoms with Gasteiger partial charge in [0, 0.05) is 30.8 Å². The molecule has 1 aliphatic rings. The molecule has 0 spiro atoms. The van der Waals surface area contributed by atoms with Crippen molar-refractivity contribution in [3.8, 4) is 0 Å². The van der Waals surface area contributed by atoms with Crippen molar-refractivity contribution in [2.45, 2.75) is 18.9 Å². The predicted octanol–water partition coefficient (Wildman–Crippen LogP) is 2.83. The number of halogens is 1. The maximum atomic E-state index is 6.29. The van der Waals surface area contributed by atoms with Crippen molar-refractivity contribution < 1.29 is 0 Å². The van der Waals surface area contributed by atoms with Crippen LogP contribution >= 0.6 is 11.6 Å². The molecule has 2 nitrogen and oxygen atoms in total. The minimum atomic E-state index is 0.453. The molecule has 0 bridgehead atoms. The number of hydrogen-bond acceptors (Lipinski definition) is 2. The summed E-state index contributed by atoms with van der Waals surface area (Å²) in [6.45, 7) is 1.11. The fraction of sp³-hybridized carbons (Fsp3) is 0.500. The fourth-order valence-corrected chi connectivity index (χ4v) is 2.33. The molecule has 0 amide bonds.